The Bertz CT molecular complexity index is 583. The second-order valence-electron chi connectivity index (χ2n) is 4.43. The Kier molecular flexibility index (Phi) is 3.44. The van der Waals surface area contributed by atoms with Crippen molar-refractivity contribution >= 4 is 15.9 Å². The van der Waals surface area contributed by atoms with Crippen molar-refractivity contribution in [2.75, 3.05) is 13.2 Å². The van der Waals surface area contributed by atoms with E-state index in [1.165, 1.54) is 0 Å². The lowest BCUT2D eigenvalue weighted by atomic mass is 9.99. The molecular weight excluding hydrogens is 306 g/mol. The number of benzene rings is 2. The first-order chi connectivity index (χ1) is 9.24. The van der Waals surface area contributed by atoms with Crippen molar-refractivity contribution in [3.63, 3.8) is 0 Å². The maximum Gasteiger partial charge on any atom is 0.161 e. The summed E-state index contributed by atoms with van der Waals surface area (Å²) in [4.78, 5) is 0. The van der Waals surface area contributed by atoms with Crippen LogP contribution < -0.4 is 15.2 Å². The van der Waals surface area contributed by atoms with Crippen molar-refractivity contribution in [3.8, 4) is 11.5 Å². The molecule has 0 fully saturated rings. The van der Waals surface area contributed by atoms with Gasteiger partial charge in [-0.3, -0.25) is 0 Å². The van der Waals surface area contributed by atoms with Crippen molar-refractivity contribution in [1.29, 1.82) is 0 Å². The molecule has 2 aromatic carbocycles. The number of fused-ring (bicyclic) bond motifs is 1. The van der Waals surface area contributed by atoms with Gasteiger partial charge in [-0.05, 0) is 35.4 Å². The van der Waals surface area contributed by atoms with Crippen LogP contribution in [0.2, 0.25) is 0 Å². The normalized spacial score (nSPS) is 15.1. The van der Waals surface area contributed by atoms with E-state index < -0.39 is 0 Å². The van der Waals surface area contributed by atoms with E-state index in [0.29, 0.717) is 13.2 Å². The lowest BCUT2D eigenvalue weighted by molar-refractivity contribution is 0.171. The molecule has 98 valence electrons. The van der Waals surface area contributed by atoms with Gasteiger partial charge in [0, 0.05) is 4.47 Å². The van der Waals surface area contributed by atoms with Crippen molar-refractivity contribution in [2.24, 2.45) is 5.73 Å². The van der Waals surface area contributed by atoms with Crippen LogP contribution in [-0.4, -0.2) is 13.2 Å². The fourth-order valence-electron chi connectivity index (χ4n) is 2.12. The Labute approximate surface area is 120 Å². The van der Waals surface area contributed by atoms with Gasteiger partial charge in [0.1, 0.15) is 13.2 Å². The molecular formula is C15H14BrNO2. The molecule has 0 bridgehead atoms. The first-order valence-corrected chi connectivity index (χ1v) is 6.94. The van der Waals surface area contributed by atoms with Crippen LogP contribution in [0, 0.1) is 0 Å². The zero-order valence-corrected chi connectivity index (χ0v) is 11.9. The molecule has 1 atom stereocenters. The summed E-state index contributed by atoms with van der Waals surface area (Å²) in [6.07, 6.45) is 0. The molecule has 0 saturated carbocycles. The van der Waals surface area contributed by atoms with Gasteiger partial charge < -0.3 is 15.2 Å². The second-order valence-corrected chi connectivity index (χ2v) is 5.35. The molecule has 1 aliphatic heterocycles. The molecule has 0 radical (unpaired) electrons. The van der Waals surface area contributed by atoms with E-state index in [-0.39, 0.29) is 6.04 Å². The minimum atomic E-state index is -0.163. The molecule has 2 N–H and O–H groups in total. The van der Waals surface area contributed by atoms with Gasteiger partial charge in [-0.15, -0.1) is 0 Å². The molecule has 0 aromatic heterocycles. The fraction of sp³-hybridized carbons (Fsp3) is 0.200. The molecule has 3 rings (SSSR count). The standard InChI is InChI=1S/C15H14BrNO2/c16-12-4-1-10(2-5-12)15(17)11-3-6-13-14(9-11)19-8-7-18-13/h1-6,9,15H,7-8,17H2. The number of rotatable bonds is 2. The average Bonchev–Trinajstić information content (AvgIpc) is 2.47. The molecule has 2 aromatic rings. The highest BCUT2D eigenvalue weighted by Gasteiger charge is 2.15. The van der Waals surface area contributed by atoms with Crippen LogP contribution in [0.4, 0.5) is 0 Å². The molecule has 0 saturated heterocycles. The van der Waals surface area contributed by atoms with Crippen LogP contribution in [0.25, 0.3) is 0 Å². The molecule has 1 heterocycles. The number of halogens is 1. The fourth-order valence-corrected chi connectivity index (χ4v) is 2.38. The zero-order valence-electron chi connectivity index (χ0n) is 10.3. The molecule has 1 unspecified atom stereocenters. The smallest absolute Gasteiger partial charge is 0.161 e. The quantitative estimate of drug-likeness (QED) is 0.924. The first kappa shape index (κ1) is 12.5. The summed E-state index contributed by atoms with van der Waals surface area (Å²) in [5.41, 5.74) is 8.38. The Morgan fingerprint density at radius 3 is 2.26 bits per heavy atom. The van der Waals surface area contributed by atoms with Crippen LogP contribution in [0.15, 0.2) is 46.9 Å². The predicted octanol–water partition coefficient (Wildman–Crippen LogP) is 3.27. The lowest BCUT2D eigenvalue weighted by Gasteiger charge is -2.20. The highest BCUT2D eigenvalue weighted by Crippen LogP contribution is 2.33. The molecule has 3 nitrogen and oxygen atoms in total. The van der Waals surface area contributed by atoms with Gasteiger partial charge in [-0.2, -0.15) is 0 Å². The summed E-state index contributed by atoms with van der Waals surface area (Å²) in [5.74, 6) is 1.56. The molecule has 0 amide bonds. The van der Waals surface area contributed by atoms with Crippen LogP contribution >= 0.6 is 15.9 Å². The third kappa shape index (κ3) is 2.60. The number of hydrogen-bond acceptors (Lipinski definition) is 3. The highest BCUT2D eigenvalue weighted by atomic mass is 79.9. The minimum absolute atomic E-state index is 0.163. The zero-order chi connectivity index (χ0) is 13.2. The van der Waals surface area contributed by atoms with Crippen LogP contribution in [0.3, 0.4) is 0 Å². The molecule has 4 heteroatoms. The Balaban J connectivity index is 1.91. The Morgan fingerprint density at radius 1 is 0.895 bits per heavy atom. The molecule has 0 aliphatic carbocycles. The van der Waals surface area contributed by atoms with Gasteiger partial charge in [0.05, 0.1) is 6.04 Å². The van der Waals surface area contributed by atoms with E-state index >= 15 is 0 Å². The summed E-state index contributed by atoms with van der Waals surface area (Å²) in [6, 6.07) is 13.7. The summed E-state index contributed by atoms with van der Waals surface area (Å²) >= 11 is 3.42. The lowest BCUT2D eigenvalue weighted by Crippen LogP contribution is -2.17. The number of nitrogens with two attached hydrogens (primary N) is 1. The SMILES string of the molecule is NC(c1ccc(Br)cc1)c1ccc2c(c1)OCCO2. The van der Waals surface area contributed by atoms with Crippen molar-refractivity contribution in [2.45, 2.75) is 6.04 Å². The topological polar surface area (TPSA) is 44.5 Å². The van der Waals surface area contributed by atoms with Crippen LogP contribution in [-0.2, 0) is 0 Å². The Hall–Kier alpha value is -1.52. The Morgan fingerprint density at radius 2 is 1.53 bits per heavy atom. The maximum atomic E-state index is 6.29. The van der Waals surface area contributed by atoms with Gasteiger partial charge in [-0.1, -0.05) is 34.1 Å². The average molecular weight is 320 g/mol. The minimum Gasteiger partial charge on any atom is -0.486 e. The third-order valence-corrected chi connectivity index (χ3v) is 3.68. The molecule has 1 aliphatic rings. The summed E-state index contributed by atoms with van der Waals surface area (Å²) in [7, 11) is 0. The van der Waals surface area contributed by atoms with E-state index in [2.05, 4.69) is 15.9 Å². The number of hydrogen-bond donors (Lipinski definition) is 1. The first-order valence-electron chi connectivity index (χ1n) is 6.14. The van der Waals surface area contributed by atoms with Gasteiger partial charge in [0.15, 0.2) is 11.5 Å². The van der Waals surface area contributed by atoms with E-state index in [4.69, 9.17) is 15.2 Å². The predicted molar refractivity (Wildman–Crippen MR) is 77.6 cm³/mol. The van der Waals surface area contributed by atoms with Gasteiger partial charge in [-0.25, -0.2) is 0 Å². The largest absolute Gasteiger partial charge is 0.486 e. The van der Waals surface area contributed by atoms with Crippen LogP contribution in [0.1, 0.15) is 17.2 Å². The van der Waals surface area contributed by atoms with E-state index in [0.717, 1.165) is 27.1 Å². The maximum absolute atomic E-state index is 6.29. The van der Waals surface area contributed by atoms with Crippen LogP contribution in [0.5, 0.6) is 11.5 Å². The van der Waals surface area contributed by atoms with Crippen molar-refractivity contribution in [1.82, 2.24) is 0 Å². The van der Waals surface area contributed by atoms with E-state index in [1.807, 2.05) is 42.5 Å². The van der Waals surface area contributed by atoms with Crippen molar-refractivity contribution < 1.29 is 9.47 Å². The molecule has 19 heavy (non-hydrogen) atoms. The summed E-state index contributed by atoms with van der Waals surface area (Å²) in [5, 5.41) is 0. The van der Waals surface area contributed by atoms with Crippen molar-refractivity contribution in [3.05, 3.63) is 58.1 Å². The van der Waals surface area contributed by atoms with Gasteiger partial charge in [0.25, 0.3) is 0 Å². The van der Waals surface area contributed by atoms with E-state index in [9.17, 15) is 0 Å². The molecule has 0 spiro atoms. The summed E-state index contributed by atoms with van der Waals surface area (Å²) in [6.45, 7) is 1.19. The van der Waals surface area contributed by atoms with Gasteiger partial charge >= 0.3 is 0 Å². The number of ether oxygens (including phenoxy) is 2. The monoisotopic (exact) mass is 319 g/mol. The highest BCUT2D eigenvalue weighted by molar-refractivity contribution is 9.10. The van der Waals surface area contributed by atoms with E-state index in [1.54, 1.807) is 0 Å². The summed E-state index contributed by atoms with van der Waals surface area (Å²) < 4.78 is 12.1. The third-order valence-electron chi connectivity index (χ3n) is 3.15. The second kappa shape index (κ2) is 5.23. The van der Waals surface area contributed by atoms with Gasteiger partial charge in [0.2, 0.25) is 0 Å².